The number of anilines is 2. The van der Waals surface area contributed by atoms with Gasteiger partial charge in [0.15, 0.2) is 21.5 Å². The second-order valence-electron chi connectivity index (χ2n) is 8.30. The summed E-state index contributed by atoms with van der Waals surface area (Å²) in [6.07, 6.45) is 0.181. The summed E-state index contributed by atoms with van der Waals surface area (Å²) in [4.78, 5) is 27.6. The van der Waals surface area contributed by atoms with Crippen LogP contribution in [0.3, 0.4) is 0 Å². The predicted octanol–water partition coefficient (Wildman–Crippen LogP) is 2.84. The maximum Gasteiger partial charge on any atom is 0.411 e. The van der Waals surface area contributed by atoms with E-state index >= 15 is 0 Å². The molecule has 36 heavy (non-hydrogen) atoms. The monoisotopic (exact) mass is 518 g/mol. The standard InChI is InChI=1S/C24H24F2N4O5S/c1-2-29(24(32)33)21-5-3-4-16(23(21)28-10-12-36(34,35)13-11-28)14-20-22(31)8-9-30(27-20)17-6-7-18(25)19(26)15-17/h3-9,15H,2,10-14H2,1H3,(H,32,33). The molecule has 1 N–H and O–H groups in total. The summed E-state index contributed by atoms with van der Waals surface area (Å²) in [7, 11) is -3.19. The first-order valence-corrected chi connectivity index (χ1v) is 13.0. The van der Waals surface area contributed by atoms with Crippen molar-refractivity contribution >= 4 is 27.3 Å². The lowest BCUT2D eigenvalue weighted by atomic mass is 10.0. The summed E-state index contributed by atoms with van der Waals surface area (Å²) in [5.41, 5.74) is 1.40. The molecule has 0 spiro atoms. The van der Waals surface area contributed by atoms with Crippen molar-refractivity contribution in [3.05, 3.63) is 81.8 Å². The molecule has 2 aromatic carbocycles. The minimum absolute atomic E-state index is 0.00689. The Labute approximate surface area is 206 Å². The molecule has 1 aliphatic heterocycles. The predicted molar refractivity (Wildman–Crippen MR) is 131 cm³/mol. The highest BCUT2D eigenvalue weighted by Crippen LogP contribution is 2.35. The van der Waals surface area contributed by atoms with Crippen LogP contribution in [0.15, 0.2) is 53.5 Å². The molecule has 1 aliphatic rings. The quantitative estimate of drug-likeness (QED) is 0.534. The first-order chi connectivity index (χ1) is 17.1. The molecule has 12 heteroatoms. The Morgan fingerprint density at radius 2 is 1.83 bits per heavy atom. The number of para-hydroxylation sites is 1. The van der Waals surface area contributed by atoms with Crippen LogP contribution >= 0.6 is 0 Å². The van der Waals surface area contributed by atoms with Crippen LogP contribution in [0.1, 0.15) is 18.2 Å². The number of rotatable bonds is 6. The Hall–Kier alpha value is -3.80. The maximum absolute atomic E-state index is 13.7. The molecule has 1 aromatic heterocycles. The van der Waals surface area contributed by atoms with E-state index in [4.69, 9.17) is 0 Å². The van der Waals surface area contributed by atoms with E-state index < -0.39 is 33.0 Å². The van der Waals surface area contributed by atoms with E-state index in [9.17, 15) is 31.9 Å². The van der Waals surface area contributed by atoms with E-state index in [1.165, 1.54) is 23.0 Å². The van der Waals surface area contributed by atoms with E-state index in [2.05, 4.69) is 5.10 Å². The zero-order valence-corrected chi connectivity index (χ0v) is 20.2. The van der Waals surface area contributed by atoms with Gasteiger partial charge in [0.1, 0.15) is 5.69 Å². The number of nitrogens with zero attached hydrogens (tertiary/aromatic N) is 4. The average Bonchev–Trinajstić information content (AvgIpc) is 2.83. The molecule has 0 aliphatic carbocycles. The van der Waals surface area contributed by atoms with Crippen LogP contribution in [0.25, 0.3) is 5.69 Å². The molecular weight excluding hydrogens is 494 g/mol. The molecule has 1 fully saturated rings. The van der Waals surface area contributed by atoms with E-state index in [0.29, 0.717) is 16.9 Å². The van der Waals surface area contributed by atoms with Crippen LogP contribution in [-0.4, -0.2) is 60.5 Å². The second kappa shape index (κ2) is 10.1. The summed E-state index contributed by atoms with van der Waals surface area (Å²) in [6.45, 7) is 2.19. The fourth-order valence-electron chi connectivity index (χ4n) is 4.17. The Morgan fingerprint density at radius 1 is 1.11 bits per heavy atom. The van der Waals surface area contributed by atoms with Gasteiger partial charge in [-0.05, 0) is 30.7 Å². The number of aromatic nitrogens is 2. The SMILES string of the molecule is CCN(C(=O)O)c1cccc(Cc2nn(-c3ccc(F)c(F)c3)ccc2=O)c1N1CCS(=O)(=O)CC1. The van der Waals surface area contributed by atoms with E-state index in [-0.39, 0.29) is 48.9 Å². The van der Waals surface area contributed by atoms with Crippen molar-refractivity contribution in [2.24, 2.45) is 0 Å². The molecule has 190 valence electrons. The second-order valence-corrected chi connectivity index (χ2v) is 10.6. The van der Waals surface area contributed by atoms with Crippen LogP contribution in [-0.2, 0) is 16.3 Å². The maximum atomic E-state index is 13.7. The summed E-state index contributed by atoms with van der Waals surface area (Å²) in [5, 5.41) is 14.1. The lowest BCUT2D eigenvalue weighted by molar-refractivity contribution is 0.202. The number of carboxylic acid groups (broad SMARTS) is 1. The molecule has 2 heterocycles. The van der Waals surface area contributed by atoms with Crippen molar-refractivity contribution in [3.63, 3.8) is 0 Å². The molecule has 0 unspecified atom stereocenters. The Balaban J connectivity index is 1.79. The fraction of sp³-hybridized carbons (Fsp3) is 0.292. The highest BCUT2D eigenvalue weighted by atomic mass is 32.2. The van der Waals surface area contributed by atoms with Crippen LogP contribution in [0.5, 0.6) is 0 Å². The summed E-state index contributed by atoms with van der Waals surface area (Å²) in [6, 6.07) is 9.54. The van der Waals surface area contributed by atoms with Gasteiger partial charge < -0.3 is 10.0 Å². The van der Waals surface area contributed by atoms with Gasteiger partial charge in [0.05, 0.1) is 28.6 Å². The Kier molecular flexibility index (Phi) is 7.07. The Morgan fingerprint density at radius 3 is 2.47 bits per heavy atom. The van der Waals surface area contributed by atoms with Crippen LogP contribution < -0.4 is 15.2 Å². The van der Waals surface area contributed by atoms with Gasteiger partial charge in [-0.2, -0.15) is 5.10 Å². The molecule has 0 bridgehead atoms. The third-order valence-electron chi connectivity index (χ3n) is 6.00. The van der Waals surface area contributed by atoms with Gasteiger partial charge >= 0.3 is 6.09 Å². The summed E-state index contributed by atoms with van der Waals surface area (Å²) < 4.78 is 52.4. The lowest BCUT2D eigenvalue weighted by Crippen LogP contribution is -2.42. The van der Waals surface area contributed by atoms with Gasteiger partial charge in [0, 0.05) is 44.4 Å². The van der Waals surface area contributed by atoms with Crippen LogP contribution in [0.2, 0.25) is 0 Å². The van der Waals surface area contributed by atoms with E-state index in [1.807, 2.05) is 4.90 Å². The normalized spacial score (nSPS) is 15.0. The summed E-state index contributed by atoms with van der Waals surface area (Å²) >= 11 is 0. The molecular formula is C24H24F2N4O5S. The number of hydrogen-bond acceptors (Lipinski definition) is 6. The highest BCUT2D eigenvalue weighted by molar-refractivity contribution is 7.91. The molecule has 3 aromatic rings. The van der Waals surface area contributed by atoms with Gasteiger partial charge in [0.2, 0.25) is 5.43 Å². The number of hydrogen-bond donors (Lipinski definition) is 1. The van der Waals surface area contributed by atoms with Gasteiger partial charge in [-0.25, -0.2) is 26.7 Å². The molecule has 4 rings (SSSR count). The smallest absolute Gasteiger partial charge is 0.411 e. The number of sulfone groups is 1. The molecule has 0 radical (unpaired) electrons. The number of benzene rings is 2. The number of amides is 1. The fourth-order valence-corrected chi connectivity index (χ4v) is 5.37. The van der Waals surface area contributed by atoms with Crippen molar-refractivity contribution < 1.29 is 27.1 Å². The third-order valence-corrected chi connectivity index (χ3v) is 7.61. The van der Waals surface area contributed by atoms with Gasteiger partial charge in [-0.15, -0.1) is 0 Å². The average molecular weight is 519 g/mol. The molecule has 9 nitrogen and oxygen atoms in total. The lowest BCUT2D eigenvalue weighted by Gasteiger charge is -2.34. The van der Waals surface area contributed by atoms with Crippen molar-refractivity contribution in [2.75, 3.05) is 40.9 Å². The largest absolute Gasteiger partial charge is 0.465 e. The van der Waals surface area contributed by atoms with Gasteiger partial charge in [-0.3, -0.25) is 9.69 Å². The minimum Gasteiger partial charge on any atom is -0.465 e. The van der Waals surface area contributed by atoms with Crippen molar-refractivity contribution in [1.82, 2.24) is 9.78 Å². The molecule has 1 saturated heterocycles. The highest BCUT2D eigenvalue weighted by Gasteiger charge is 2.28. The molecule has 0 saturated carbocycles. The van der Waals surface area contributed by atoms with Crippen molar-refractivity contribution in [1.29, 1.82) is 0 Å². The topological polar surface area (TPSA) is 113 Å². The zero-order valence-electron chi connectivity index (χ0n) is 19.4. The van der Waals surface area contributed by atoms with Crippen molar-refractivity contribution in [2.45, 2.75) is 13.3 Å². The van der Waals surface area contributed by atoms with Gasteiger partial charge in [0.25, 0.3) is 0 Å². The number of halogens is 2. The Bertz CT molecular complexity index is 1460. The first-order valence-electron chi connectivity index (χ1n) is 11.2. The number of carbonyl (C=O) groups is 1. The third kappa shape index (κ3) is 5.23. The van der Waals surface area contributed by atoms with Crippen LogP contribution in [0, 0.1) is 11.6 Å². The first kappa shape index (κ1) is 25.3. The minimum atomic E-state index is -3.19. The molecule has 0 atom stereocenters. The van der Waals surface area contributed by atoms with Gasteiger partial charge in [-0.1, -0.05) is 12.1 Å². The van der Waals surface area contributed by atoms with E-state index in [0.717, 1.165) is 17.0 Å². The van der Waals surface area contributed by atoms with E-state index in [1.54, 1.807) is 25.1 Å². The van der Waals surface area contributed by atoms with Crippen molar-refractivity contribution in [3.8, 4) is 5.69 Å². The zero-order chi connectivity index (χ0) is 26.0. The molecule has 1 amide bonds. The van der Waals surface area contributed by atoms with Crippen LogP contribution in [0.4, 0.5) is 25.0 Å². The summed E-state index contributed by atoms with van der Waals surface area (Å²) in [5.74, 6) is -2.22.